The smallest absolute Gasteiger partial charge is 0.243 e. The van der Waals surface area contributed by atoms with Crippen molar-refractivity contribution in [3.05, 3.63) is 11.7 Å². The lowest BCUT2D eigenvalue weighted by Crippen LogP contribution is -2.10. The van der Waals surface area contributed by atoms with E-state index >= 15 is 0 Å². The van der Waals surface area contributed by atoms with E-state index in [2.05, 4.69) is 17.1 Å². The highest BCUT2D eigenvalue weighted by atomic mass is 16.5. The van der Waals surface area contributed by atoms with Gasteiger partial charge in [-0.05, 0) is 13.3 Å². The molecule has 1 atom stereocenters. The minimum absolute atomic E-state index is 0.136. The van der Waals surface area contributed by atoms with Gasteiger partial charge in [0.2, 0.25) is 5.89 Å². The van der Waals surface area contributed by atoms with E-state index in [0.717, 1.165) is 12.8 Å². The van der Waals surface area contributed by atoms with Crippen molar-refractivity contribution in [3.63, 3.8) is 0 Å². The van der Waals surface area contributed by atoms with Gasteiger partial charge in [-0.15, -0.1) is 0 Å². The SMILES string of the molecule is CCC[C@@H](N)c1nc(CCOCC)no1. The molecule has 2 N–H and O–H groups in total. The van der Waals surface area contributed by atoms with E-state index in [0.29, 0.717) is 31.3 Å². The molecule has 0 aromatic carbocycles. The Bertz CT molecular complexity index is 275. The van der Waals surface area contributed by atoms with Crippen molar-refractivity contribution >= 4 is 0 Å². The van der Waals surface area contributed by atoms with Crippen LogP contribution in [0.1, 0.15) is 44.4 Å². The number of hydrogen-bond donors (Lipinski definition) is 1. The van der Waals surface area contributed by atoms with E-state index in [9.17, 15) is 0 Å². The van der Waals surface area contributed by atoms with Crippen LogP contribution in [0, 0.1) is 0 Å². The van der Waals surface area contributed by atoms with E-state index in [1.54, 1.807) is 0 Å². The summed E-state index contributed by atoms with van der Waals surface area (Å²) in [5.41, 5.74) is 5.85. The van der Waals surface area contributed by atoms with Crippen LogP contribution in [0.15, 0.2) is 4.52 Å². The lowest BCUT2D eigenvalue weighted by Gasteiger charge is -2.02. The first-order chi connectivity index (χ1) is 7.27. The Labute approximate surface area is 90.0 Å². The maximum absolute atomic E-state index is 5.85. The van der Waals surface area contributed by atoms with Crippen molar-refractivity contribution < 1.29 is 9.26 Å². The number of nitrogens with zero attached hydrogens (tertiary/aromatic N) is 2. The van der Waals surface area contributed by atoms with Crippen molar-refractivity contribution in [2.24, 2.45) is 5.73 Å². The van der Waals surface area contributed by atoms with Crippen molar-refractivity contribution in [1.29, 1.82) is 0 Å². The molecule has 1 aromatic heterocycles. The standard InChI is InChI=1S/C10H19N3O2/c1-3-5-8(11)10-12-9(13-15-10)6-7-14-4-2/h8H,3-7,11H2,1-2H3/t8-/m1/s1. The fourth-order valence-corrected chi connectivity index (χ4v) is 1.26. The molecule has 0 radical (unpaired) electrons. The number of rotatable bonds is 7. The molecule has 0 aliphatic carbocycles. The Balaban J connectivity index is 2.41. The van der Waals surface area contributed by atoms with Gasteiger partial charge in [-0.1, -0.05) is 18.5 Å². The van der Waals surface area contributed by atoms with Gasteiger partial charge >= 0.3 is 0 Å². The molecular formula is C10H19N3O2. The molecule has 0 bridgehead atoms. The number of hydrogen-bond acceptors (Lipinski definition) is 5. The molecule has 1 aromatic rings. The van der Waals surface area contributed by atoms with Crippen LogP contribution in [0.2, 0.25) is 0 Å². The van der Waals surface area contributed by atoms with Crippen molar-refractivity contribution in [1.82, 2.24) is 10.1 Å². The number of ether oxygens (including phenoxy) is 1. The summed E-state index contributed by atoms with van der Waals surface area (Å²) in [6.45, 7) is 5.36. The molecule has 5 nitrogen and oxygen atoms in total. The van der Waals surface area contributed by atoms with Crippen LogP contribution in [0.5, 0.6) is 0 Å². The van der Waals surface area contributed by atoms with Gasteiger partial charge in [0.1, 0.15) is 0 Å². The van der Waals surface area contributed by atoms with Gasteiger partial charge in [0, 0.05) is 13.0 Å². The molecule has 0 saturated heterocycles. The van der Waals surface area contributed by atoms with Crippen LogP contribution in [0.4, 0.5) is 0 Å². The predicted molar refractivity (Wildman–Crippen MR) is 56.3 cm³/mol. The van der Waals surface area contributed by atoms with Gasteiger partial charge in [-0.25, -0.2) is 0 Å². The van der Waals surface area contributed by atoms with E-state index in [-0.39, 0.29) is 6.04 Å². The van der Waals surface area contributed by atoms with Crippen molar-refractivity contribution in [3.8, 4) is 0 Å². The normalized spacial score (nSPS) is 13.0. The van der Waals surface area contributed by atoms with Crippen LogP contribution in [0.25, 0.3) is 0 Å². The first-order valence-corrected chi connectivity index (χ1v) is 5.43. The largest absolute Gasteiger partial charge is 0.381 e. The number of nitrogens with two attached hydrogens (primary N) is 1. The van der Waals surface area contributed by atoms with Gasteiger partial charge in [0.25, 0.3) is 0 Å². The first kappa shape index (κ1) is 12.1. The second kappa shape index (κ2) is 6.53. The molecule has 5 heteroatoms. The predicted octanol–water partition coefficient (Wildman–Crippen LogP) is 1.45. The Hall–Kier alpha value is -0.940. The maximum Gasteiger partial charge on any atom is 0.243 e. The highest BCUT2D eigenvalue weighted by molar-refractivity contribution is 4.91. The minimum Gasteiger partial charge on any atom is -0.381 e. The third kappa shape index (κ3) is 3.97. The third-order valence-corrected chi connectivity index (χ3v) is 2.07. The van der Waals surface area contributed by atoms with Crippen LogP contribution in [-0.4, -0.2) is 23.4 Å². The topological polar surface area (TPSA) is 74.2 Å². The molecule has 0 spiro atoms. The molecule has 0 aliphatic heterocycles. The summed E-state index contributed by atoms with van der Waals surface area (Å²) in [5, 5.41) is 3.85. The van der Waals surface area contributed by atoms with Gasteiger partial charge in [-0.3, -0.25) is 0 Å². The molecule has 0 amide bonds. The molecule has 15 heavy (non-hydrogen) atoms. The lowest BCUT2D eigenvalue weighted by molar-refractivity contribution is 0.149. The van der Waals surface area contributed by atoms with Crippen molar-refractivity contribution in [2.45, 2.75) is 39.2 Å². The van der Waals surface area contributed by atoms with E-state index < -0.39 is 0 Å². The Morgan fingerprint density at radius 2 is 2.27 bits per heavy atom. The summed E-state index contributed by atoms with van der Waals surface area (Å²) in [4.78, 5) is 4.22. The van der Waals surface area contributed by atoms with E-state index in [1.165, 1.54) is 0 Å². The zero-order valence-electron chi connectivity index (χ0n) is 9.40. The lowest BCUT2D eigenvalue weighted by atomic mass is 10.2. The summed E-state index contributed by atoms with van der Waals surface area (Å²) in [6.07, 6.45) is 2.56. The molecule has 0 unspecified atom stereocenters. The molecule has 0 saturated carbocycles. The summed E-state index contributed by atoms with van der Waals surface area (Å²) in [6, 6.07) is -0.136. The van der Waals surface area contributed by atoms with Gasteiger partial charge < -0.3 is 15.0 Å². The fourth-order valence-electron chi connectivity index (χ4n) is 1.26. The second-order valence-electron chi connectivity index (χ2n) is 3.39. The Kier molecular flexibility index (Phi) is 5.28. The average Bonchev–Trinajstić information content (AvgIpc) is 2.67. The summed E-state index contributed by atoms with van der Waals surface area (Å²) < 4.78 is 10.3. The Morgan fingerprint density at radius 3 is 2.93 bits per heavy atom. The first-order valence-electron chi connectivity index (χ1n) is 5.43. The summed E-state index contributed by atoms with van der Waals surface area (Å²) in [7, 11) is 0. The zero-order valence-corrected chi connectivity index (χ0v) is 9.40. The average molecular weight is 213 g/mol. The molecule has 0 fully saturated rings. The van der Waals surface area contributed by atoms with Gasteiger partial charge in [0.15, 0.2) is 5.82 Å². The quantitative estimate of drug-likeness (QED) is 0.694. The van der Waals surface area contributed by atoms with Gasteiger partial charge in [0.05, 0.1) is 12.6 Å². The highest BCUT2D eigenvalue weighted by Crippen LogP contribution is 2.13. The second-order valence-corrected chi connectivity index (χ2v) is 3.39. The van der Waals surface area contributed by atoms with E-state index in [4.69, 9.17) is 15.0 Å². The monoisotopic (exact) mass is 213 g/mol. The third-order valence-electron chi connectivity index (χ3n) is 2.07. The van der Waals surface area contributed by atoms with Crippen LogP contribution in [-0.2, 0) is 11.2 Å². The molecule has 1 heterocycles. The fraction of sp³-hybridized carbons (Fsp3) is 0.800. The van der Waals surface area contributed by atoms with Crippen molar-refractivity contribution in [2.75, 3.05) is 13.2 Å². The number of aromatic nitrogens is 2. The van der Waals surface area contributed by atoms with E-state index in [1.807, 2.05) is 6.92 Å². The molecule has 86 valence electrons. The highest BCUT2D eigenvalue weighted by Gasteiger charge is 2.13. The molecular weight excluding hydrogens is 194 g/mol. The van der Waals surface area contributed by atoms with Crippen LogP contribution < -0.4 is 5.73 Å². The summed E-state index contributed by atoms with van der Waals surface area (Å²) >= 11 is 0. The van der Waals surface area contributed by atoms with Crippen LogP contribution in [0.3, 0.4) is 0 Å². The zero-order chi connectivity index (χ0) is 11.1. The minimum atomic E-state index is -0.136. The maximum atomic E-state index is 5.85. The molecule has 0 aliphatic rings. The van der Waals surface area contributed by atoms with Crippen LogP contribution >= 0.6 is 0 Å². The molecule has 1 rings (SSSR count). The van der Waals surface area contributed by atoms with Gasteiger partial charge in [-0.2, -0.15) is 4.98 Å². The Morgan fingerprint density at radius 1 is 1.47 bits per heavy atom. The summed E-state index contributed by atoms with van der Waals surface area (Å²) in [5.74, 6) is 1.20.